The summed E-state index contributed by atoms with van der Waals surface area (Å²) < 4.78 is 30.2. The third-order valence-electron chi connectivity index (χ3n) is 5.34. The average Bonchev–Trinajstić information content (AvgIpc) is 2.99. The lowest BCUT2D eigenvalue weighted by molar-refractivity contribution is 0.0733. The van der Waals surface area contributed by atoms with Crippen LogP contribution in [0.15, 0.2) is 54.6 Å². The number of halogens is 3. The highest BCUT2D eigenvalue weighted by Gasteiger charge is 2.32. The highest BCUT2D eigenvalue weighted by molar-refractivity contribution is 6.30. The van der Waals surface area contributed by atoms with E-state index < -0.39 is 6.43 Å². The average molecular weight is 459 g/mol. The molecule has 0 spiro atoms. The van der Waals surface area contributed by atoms with E-state index in [1.54, 1.807) is 43.1 Å². The van der Waals surface area contributed by atoms with Gasteiger partial charge < -0.3 is 9.47 Å². The molecule has 0 atom stereocenters. The Balaban J connectivity index is 2.27. The van der Waals surface area contributed by atoms with Crippen LogP contribution in [-0.4, -0.2) is 29.0 Å². The molecule has 0 radical (unpaired) electrons. The maximum atomic E-state index is 14.3. The topological polar surface area (TPSA) is 25.2 Å². The summed E-state index contributed by atoms with van der Waals surface area (Å²) in [5.41, 5.74) is 2.47. The Kier molecular flexibility index (Phi) is 7.09. The van der Waals surface area contributed by atoms with Crippen LogP contribution in [0.3, 0.4) is 0 Å². The Labute approximate surface area is 193 Å². The van der Waals surface area contributed by atoms with Crippen molar-refractivity contribution in [1.82, 2.24) is 9.47 Å². The minimum atomic E-state index is -2.72. The van der Waals surface area contributed by atoms with Crippen molar-refractivity contribution in [1.29, 1.82) is 0 Å². The van der Waals surface area contributed by atoms with Gasteiger partial charge in [0.05, 0.1) is 5.69 Å². The molecule has 1 heterocycles. The summed E-state index contributed by atoms with van der Waals surface area (Å²) in [6, 6.07) is 16.3. The van der Waals surface area contributed by atoms with Crippen molar-refractivity contribution in [2.75, 3.05) is 13.6 Å². The minimum absolute atomic E-state index is 0.133. The van der Waals surface area contributed by atoms with Crippen LogP contribution in [0, 0.1) is 12.3 Å². The molecule has 0 saturated heterocycles. The molecular formula is C26H29ClF2N2O. The standard InChI is InChI=1S/C26H29ClF2N2O/c1-17-21(19-11-13-20(27)14-12-19)23(25(32)30(5)16-26(2,3)4)31(22(17)24(28)29)15-18-9-7-6-8-10-18/h6-14,24H,15-16H2,1-5H3. The molecule has 0 saturated carbocycles. The summed E-state index contributed by atoms with van der Waals surface area (Å²) in [6.07, 6.45) is -2.72. The molecule has 0 N–H and O–H groups in total. The highest BCUT2D eigenvalue weighted by atomic mass is 35.5. The van der Waals surface area contributed by atoms with Crippen molar-refractivity contribution in [3.05, 3.63) is 82.1 Å². The van der Waals surface area contributed by atoms with Crippen LogP contribution in [0.25, 0.3) is 11.1 Å². The fraction of sp³-hybridized carbons (Fsp3) is 0.346. The monoisotopic (exact) mass is 458 g/mol. The molecule has 0 fully saturated rings. The third-order valence-corrected chi connectivity index (χ3v) is 5.59. The van der Waals surface area contributed by atoms with Gasteiger partial charge in [-0.05, 0) is 41.2 Å². The van der Waals surface area contributed by atoms with E-state index in [1.165, 1.54) is 4.57 Å². The van der Waals surface area contributed by atoms with Crippen molar-refractivity contribution in [2.24, 2.45) is 5.41 Å². The van der Waals surface area contributed by atoms with E-state index in [1.807, 2.05) is 51.1 Å². The first-order chi connectivity index (χ1) is 15.0. The normalized spacial score (nSPS) is 11.8. The molecule has 3 rings (SSSR count). The molecule has 6 heteroatoms. The van der Waals surface area contributed by atoms with E-state index in [0.29, 0.717) is 28.3 Å². The Hall–Kier alpha value is -2.66. The lowest BCUT2D eigenvalue weighted by Crippen LogP contribution is -2.36. The maximum absolute atomic E-state index is 14.3. The van der Waals surface area contributed by atoms with Crippen LogP contribution in [0.2, 0.25) is 5.02 Å². The Morgan fingerprint density at radius 2 is 1.66 bits per heavy atom. The largest absolute Gasteiger partial charge is 0.340 e. The number of benzene rings is 2. The number of carbonyl (C=O) groups is 1. The van der Waals surface area contributed by atoms with Crippen molar-refractivity contribution < 1.29 is 13.6 Å². The molecule has 0 unspecified atom stereocenters. The molecule has 3 aromatic rings. The first-order valence-electron chi connectivity index (χ1n) is 10.6. The number of alkyl halides is 2. The van der Waals surface area contributed by atoms with E-state index in [2.05, 4.69) is 0 Å². The van der Waals surface area contributed by atoms with E-state index in [9.17, 15) is 13.6 Å². The summed E-state index contributed by atoms with van der Waals surface area (Å²) in [7, 11) is 1.72. The summed E-state index contributed by atoms with van der Waals surface area (Å²) in [5, 5.41) is 0.543. The predicted molar refractivity (Wildman–Crippen MR) is 127 cm³/mol. The molecule has 2 aromatic carbocycles. The van der Waals surface area contributed by atoms with Gasteiger partial charge in [-0.1, -0.05) is 74.8 Å². The molecule has 0 aliphatic heterocycles. The van der Waals surface area contributed by atoms with Crippen LogP contribution in [-0.2, 0) is 6.54 Å². The lowest BCUT2D eigenvalue weighted by atomic mass is 9.95. The van der Waals surface area contributed by atoms with Gasteiger partial charge in [0.25, 0.3) is 12.3 Å². The molecule has 170 valence electrons. The van der Waals surface area contributed by atoms with E-state index in [-0.39, 0.29) is 29.3 Å². The first kappa shape index (κ1) is 24.0. The van der Waals surface area contributed by atoms with Gasteiger partial charge in [-0.25, -0.2) is 8.78 Å². The smallest absolute Gasteiger partial charge is 0.278 e. The predicted octanol–water partition coefficient (Wildman–Crippen LogP) is 7.22. The van der Waals surface area contributed by atoms with E-state index in [0.717, 1.165) is 5.56 Å². The van der Waals surface area contributed by atoms with Crippen LogP contribution < -0.4 is 0 Å². The van der Waals surface area contributed by atoms with Gasteiger partial charge >= 0.3 is 0 Å². The zero-order valence-electron chi connectivity index (χ0n) is 19.1. The zero-order chi connectivity index (χ0) is 23.6. The summed E-state index contributed by atoms with van der Waals surface area (Å²) in [5.74, 6) is -0.282. The van der Waals surface area contributed by atoms with Gasteiger partial charge in [-0.2, -0.15) is 0 Å². The Morgan fingerprint density at radius 3 is 2.19 bits per heavy atom. The van der Waals surface area contributed by atoms with Crippen molar-refractivity contribution in [2.45, 2.75) is 40.7 Å². The first-order valence-corrected chi connectivity index (χ1v) is 10.9. The van der Waals surface area contributed by atoms with Crippen LogP contribution in [0.5, 0.6) is 0 Å². The second-order valence-corrected chi connectivity index (χ2v) is 9.77. The molecule has 3 nitrogen and oxygen atoms in total. The van der Waals surface area contributed by atoms with Gasteiger partial charge in [0, 0.05) is 30.7 Å². The van der Waals surface area contributed by atoms with Gasteiger partial charge in [-0.3, -0.25) is 4.79 Å². The zero-order valence-corrected chi connectivity index (χ0v) is 19.9. The number of hydrogen-bond donors (Lipinski definition) is 0. The van der Waals surface area contributed by atoms with E-state index in [4.69, 9.17) is 11.6 Å². The number of amides is 1. The third kappa shape index (κ3) is 5.21. The Bertz CT molecular complexity index is 1080. The maximum Gasteiger partial charge on any atom is 0.278 e. The fourth-order valence-electron chi connectivity index (χ4n) is 4.13. The molecule has 1 amide bonds. The van der Waals surface area contributed by atoms with E-state index >= 15 is 0 Å². The molecule has 32 heavy (non-hydrogen) atoms. The second-order valence-electron chi connectivity index (χ2n) is 9.34. The number of carbonyl (C=O) groups excluding carboxylic acids is 1. The number of aromatic nitrogens is 1. The molecule has 1 aromatic heterocycles. The van der Waals surface area contributed by atoms with Gasteiger partial charge in [0.15, 0.2) is 0 Å². The number of hydrogen-bond acceptors (Lipinski definition) is 1. The van der Waals surface area contributed by atoms with Crippen molar-refractivity contribution in [3.63, 3.8) is 0 Å². The fourth-order valence-corrected chi connectivity index (χ4v) is 4.26. The van der Waals surface area contributed by atoms with Crippen LogP contribution in [0.4, 0.5) is 8.78 Å². The van der Waals surface area contributed by atoms with Crippen molar-refractivity contribution >= 4 is 17.5 Å². The lowest BCUT2D eigenvalue weighted by Gasteiger charge is -2.27. The quantitative estimate of drug-likeness (QED) is 0.382. The molecular weight excluding hydrogens is 430 g/mol. The van der Waals surface area contributed by atoms with Crippen LogP contribution >= 0.6 is 11.6 Å². The SMILES string of the molecule is Cc1c(-c2ccc(Cl)cc2)c(C(=O)N(C)CC(C)(C)C)n(Cc2ccccc2)c1C(F)F. The molecule has 0 aliphatic rings. The summed E-state index contributed by atoms with van der Waals surface area (Å²) in [4.78, 5) is 15.3. The Morgan fingerprint density at radius 1 is 1.06 bits per heavy atom. The highest BCUT2D eigenvalue weighted by Crippen LogP contribution is 2.38. The number of nitrogens with zero attached hydrogens (tertiary/aromatic N) is 2. The molecule has 0 aliphatic carbocycles. The van der Waals surface area contributed by atoms with Crippen LogP contribution in [0.1, 0.15) is 54.5 Å². The van der Waals surface area contributed by atoms with Gasteiger partial charge in [-0.15, -0.1) is 0 Å². The van der Waals surface area contributed by atoms with Crippen molar-refractivity contribution in [3.8, 4) is 11.1 Å². The number of rotatable bonds is 6. The summed E-state index contributed by atoms with van der Waals surface area (Å²) >= 11 is 6.06. The van der Waals surface area contributed by atoms with Gasteiger partial charge in [0.1, 0.15) is 5.69 Å². The molecule has 0 bridgehead atoms. The minimum Gasteiger partial charge on any atom is -0.340 e. The summed E-state index contributed by atoms with van der Waals surface area (Å²) in [6.45, 7) is 8.44. The van der Waals surface area contributed by atoms with Gasteiger partial charge in [0.2, 0.25) is 0 Å². The second kappa shape index (κ2) is 9.45.